The van der Waals surface area contributed by atoms with Gasteiger partial charge in [-0.1, -0.05) is 31.5 Å². The summed E-state index contributed by atoms with van der Waals surface area (Å²) in [7, 11) is 0. The zero-order valence-corrected chi connectivity index (χ0v) is 17.6. The van der Waals surface area contributed by atoms with E-state index in [1.807, 2.05) is 23.4 Å². The van der Waals surface area contributed by atoms with Gasteiger partial charge in [-0.05, 0) is 26.0 Å². The molecule has 1 aromatic carbocycles. The summed E-state index contributed by atoms with van der Waals surface area (Å²) in [5.74, 6) is 1.97. The van der Waals surface area contributed by atoms with Gasteiger partial charge in [0.1, 0.15) is 11.6 Å². The summed E-state index contributed by atoms with van der Waals surface area (Å²) in [6, 6.07) is 8.32. The molecule has 4 rings (SSSR count). The van der Waals surface area contributed by atoms with E-state index in [-0.39, 0.29) is 5.91 Å². The molecule has 0 radical (unpaired) electrons. The summed E-state index contributed by atoms with van der Waals surface area (Å²) < 4.78 is 1.92. The fraction of sp³-hybridized carbons (Fsp3) is 0.455. The number of hydrogen-bond donors (Lipinski definition) is 0. The molecule has 7 heteroatoms. The third kappa shape index (κ3) is 3.57. The van der Waals surface area contributed by atoms with Gasteiger partial charge in [0.05, 0.1) is 16.8 Å². The van der Waals surface area contributed by atoms with Gasteiger partial charge in [0.25, 0.3) is 0 Å². The zero-order chi connectivity index (χ0) is 20.5. The summed E-state index contributed by atoms with van der Waals surface area (Å²) in [5.41, 5.74) is 3.98. The Labute approximate surface area is 171 Å². The normalized spacial score (nSPS) is 14.6. The lowest BCUT2D eigenvalue weighted by Crippen LogP contribution is -2.49. The number of carbonyl (C=O) groups excluding carboxylic acids is 1. The van der Waals surface area contributed by atoms with Crippen LogP contribution in [0.25, 0.3) is 16.7 Å². The minimum atomic E-state index is 0.218. The van der Waals surface area contributed by atoms with Gasteiger partial charge >= 0.3 is 0 Å². The molecule has 0 atom stereocenters. The van der Waals surface area contributed by atoms with Crippen molar-refractivity contribution in [2.24, 2.45) is 0 Å². The van der Waals surface area contributed by atoms with Crippen molar-refractivity contribution in [1.82, 2.24) is 24.6 Å². The van der Waals surface area contributed by atoms with Crippen LogP contribution in [0.3, 0.4) is 0 Å². The highest BCUT2D eigenvalue weighted by Gasteiger charge is 2.25. The first-order chi connectivity index (χ1) is 14.0. The largest absolute Gasteiger partial charge is 0.352 e. The van der Waals surface area contributed by atoms with Crippen LogP contribution >= 0.6 is 0 Å². The highest BCUT2D eigenvalue weighted by atomic mass is 16.2. The maximum Gasteiger partial charge on any atom is 0.222 e. The zero-order valence-electron chi connectivity index (χ0n) is 17.6. The van der Waals surface area contributed by atoms with E-state index in [0.717, 1.165) is 66.7 Å². The van der Waals surface area contributed by atoms with E-state index in [4.69, 9.17) is 15.1 Å². The number of carbonyl (C=O) groups is 1. The number of amides is 1. The molecule has 152 valence electrons. The minimum Gasteiger partial charge on any atom is -0.352 e. The maximum absolute atomic E-state index is 12.0. The molecule has 3 aromatic rings. The summed E-state index contributed by atoms with van der Waals surface area (Å²) >= 11 is 0. The number of nitrogens with zero attached hydrogens (tertiary/aromatic N) is 6. The van der Waals surface area contributed by atoms with Crippen molar-refractivity contribution in [1.29, 1.82) is 0 Å². The van der Waals surface area contributed by atoms with Gasteiger partial charge in [-0.15, -0.1) is 0 Å². The smallest absolute Gasteiger partial charge is 0.222 e. The summed E-state index contributed by atoms with van der Waals surface area (Å²) in [6.45, 7) is 11.1. The van der Waals surface area contributed by atoms with Gasteiger partial charge in [0.2, 0.25) is 5.91 Å². The van der Waals surface area contributed by atoms with Gasteiger partial charge in [-0.2, -0.15) is 5.10 Å². The van der Waals surface area contributed by atoms with Gasteiger partial charge in [0.15, 0.2) is 5.65 Å². The van der Waals surface area contributed by atoms with E-state index in [1.165, 1.54) is 5.56 Å². The lowest BCUT2D eigenvalue weighted by Gasteiger charge is -2.35. The van der Waals surface area contributed by atoms with Crippen LogP contribution in [0.2, 0.25) is 0 Å². The van der Waals surface area contributed by atoms with Crippen molar-refractivity contribution in [3.05, 3.63) is 41.3 Å². The fourth-order valence-electron chi connectivity index (χ4n) is 3.85. The maximum atomic E-state index is 12.0. The van der Waals surface area contributed by atoms with E-state index in [2.05, 4.69) is 43.0 Å². The van der Waals surface area contributed by atoms with Crippen LogP contribution in [0.5, 0.6) is 0 Å². The second-order valence-corrected chi connectivity index (χ2v) is 7.57. The Bertz CT molecular complexity index is 1030. The first-order valence-corrected chi connectivity index (χ1v) is 10.4. The van der Waals surface area contributed by atoms with E-state index >= 15 is 0 Å². The van der Waals surface area contributed by atoms with E-state index < -0.39 is 0 Å². The van der Waals surface area contributed by atoms with E-state index in [9.17, 15) is 4.79 Å². The monoisotopic (exact) mass is 392 g/mol. The van der Waals surface area contributed by atoms with Crippen LogP contribution in [0.4, 0.5) is 5.82 Å². The minimum absolute atomic E-state index is 0.218. The van der Waals surface area contributed by atoms with Gasteiger partial charge in [-0.25, -0.2) is 14.6 Å². The molecule has 0 N–H and O–H groups in total. The van der Waals surface area contributed by atoms with Crippen LogP contribution in [0.1, 0.15) is 37.4 Å². The van der Waals surface area contributed by atoms with Crippen molar-refractivity contribution in [2.45, 2.75) is 40.5 Å². The Morgan fingerprint density at radius 3 is 2.31 bits per heavy atom. The number of piperazine rings is 1. The molecule has 2 aromatic heterocycles. The quantitative estimate of drug-likeness (QED) is 0.683. The first-order valence-electron chi connectivity index (χ1n) is 10.4. The van der Waals surface area contributed by atoms with Gasteiger partial charge < -0.3 is 9.80 Å². The number of aromatic nitrogens is 4. The Kier molecular flexibility index (Phi) is 5.22. The molecular formula is C22H28N6O. The number of anilines is 1. The average Bonchev–Trinajstić information content (AvgIpc) is 3.09. The number of benzene rings is 1. The molecule has 3 heterocycles. The SMILES string of the molecule is CCC(=O)N1CCN(c2nc(CC)nc3c2c(C)nn3-c2ccc(C)cc2)CC1. The van der Waals surface area contributed by atoms with Crippen LogP contribution < -0.4 is 4.90 Å². The summed E-state index contributed by atoms with van der Waals surface area (Å²) in [5, 5.41) is 5.80. The summed E-state index contributed by atoms with van der Waals surface area (Å²) in [4.78, 5) is 25.9. The topological polar surface area (TPSA) is 67.2 Å². The number of rotatable bonds is 4. The molecule has 0 bridgehead atoms. The summed E-state index contributed by atoms with van der Waals surface area (Å²) in [6.07, 6.45) is 1.31. The number of aryl methyl sites for hydroxylation is 3. The molecule has 0 unspecified atom stereocenters. The lowest BCUT2D eigenvalue weighted by molar-refractivity contribution is -0.131. The lowest BCUT2D eigenvalue weighted by atomic mass is 10.2. The second-order valence-electron chi connectivity index (χ2n) is 7.57. The molecule has 1 aliphatic rings. The standard InChI is InChI=1S/C22H28N6O/c1-5-18-23-21(27-13-11-26(12-14-27)19(29)6-2)20-16(4)25-28(22(20)24-18)17-9-7-15(3)8-10-17/h7-10H,5-6,11-14H2,1-4H3. The van der Waals surface area contributed by atoms with Gasteiger partial charge in [-0.3, -0.25) is 4.79 Å². The Morgan fingerprint density at radius 1 is 1.00 bits per heavy atom. The molecule has 1 saturated heterocycles. The molecule has 1 aliphatic heterocycles. The molecule has 1 amide bonds. The van der Waals surface area contributed by atoms with Crippen LogP contribution in [-0.4, -0.2) is 56.7 Å². The molecule has 29 heavy (non-hydrogen) atoms. The van der Waals surface area contributed by atoms with Crippen LogP contribution in [0.15, 0.2) is 24.3 Å². The second kappa shape index (κ2) is 7.81. The molecular weight excluding hydrogens is 364 g/mol. The highest BCUT2D eigenvalue weighted by Crippen LogP contribution is 2.30. The van der Waals surface area contributed by atoms with Crippen molar-refractivity contribution in [3.63, 3.8) is 0 Å². The molecule has 7 nitrogen and oxygen atoms in total. The van der Waals surface area contributed by atoms with Crippen molar-refractivity contribution >= 4 is 22.8 Å². The number of hydrogen-bond acceptors (Lipinski definition) is 5. The fourth-order valence-corrected chi connectivity index (χ4v) is 3.85. The average molecular weight is 393 g/mol. The highest BCUT2D eigenvalue weighted by molar-refractivity contribution is 5.91. The van der Waals surface area contributed by atoms with Gasteiger partial charge in [0, 0.05) is 39.0 Å². The molecule has 0 aliphatic carbocycles. The predicted molar refractivity (Wildman–Crippen MR) is 115 cm³/mol. The third-order valence-corrected chi connectivity index (χ3v) is 5.56. The van der Waals surface area contributed by atoms with Crippen LogP contribution in [-0.2, 0) is 11.2 Å². The Hall–Kier alpha value is -2.96. The van der Waals surface area contributed by atoms with Crippen molar-refractivity contribution < 1.29 is 4.79 Å². The van der Waals surface area contributed by atoms with Crippen molar-refractivity contribution in [3.8, 4) is 5.69 Å². The molecule has 0 spiro atoms. The Morgan fingerprint density at radius 2 is 1.69 bits per heavy atom. The van der Waals surface area contributed by atoms with E-state index in [1.54, 1.807) is 0 Å². The number of fused-ring (bicyclic) bond motifs is 1. The van der Waals surface area contributed by atoms with Crippen LogP contribution in [0, 0.1) is 13.8 Å². The predicted octanol–water partition coefficient (Wildman–Crippen LogP) is 3.05. The third-order valence-electron chi connectivity index (χ3n) is 5.56. The molecule has 1 fully saturated rings. The first kappa shape index (κ1) is 19.4. The van der Waals surface area contributed by atoms with E-state index in [0.29, 0.717) is 6.42 Å². The Balaban J connectivity index is 1.77. The molecule has 0 saturated carbocycles. The van der Waals surface area contributed by atoms with Crippen molar-refractivity contribution in [2.75, 3.05) is 31.1 Å².